The van der Waals surface area contributed by atoms with Crippen molar-refractivity contribution in [1.82, 2.24) is 0 Å². The molecule has 0 radical (unpaired) electrons. The molecular formula is C13H19BrN2O. The minimum absolute atomic E-state index is 0.0574. The van der Waals surface area contributed by atoms with Crippen molar-refractivity contribution < 1.29 is 4.74 Å². The molecule has 1 heterocycles. The van der Waals surface area contributed by atoms with E-state index in [-0.39, 0.29) is 6.04 Å². The summed E-state index contributed by atoms with van der Waals surface area (Å²) in [6.07, 6.45) is 0.302. The van der Waals surface area contributed by atoms with Gasteiger partial charge in [-0.25, -0.2) is 0 Å². The van der Waals surface area contributed by atoms with Crippen LogP contribution in [0.1, 0.15) is 25.5 Å². The Morgan fingerprint density at radius 2 is 2.29 bits per heavy atom. The third-order valence-electron chi connectivity index (χ3n) is 3.08. The van der Waals surface area contributed by atoms with Crippen LogP contribution in [0, 0.1) is 0 Å². The monoisotopic (exact) mass is 298 g/mol. The van der Waals surface area contributed by atoms with Gasteiger partial charge in [-0.15, -0.1) is 0 Å². The fourth-order valence-electron chi connectivity index (χ4n) is 2.13. The lowest BCUT2D eigenvalue weighted by Crippen LogP contribution is -2.41. The standard InChI is InChI=1S/C13H19BrN2O/c1-9-8-16(5-6-17-9)11-3-4-12(10(2)15)13(14)7-11/h3-4,7,9-10H,5-6,8,15H2,1-2H3/t9?,10-/m0/s1. The van der Waals surface area contributed by atoms with Crippen LogP contribution in [0.15, 0.2) is 22.7 Å². The quantitative estimate of drug-likeness (QED) is 0.912. The second-order valence-electron chi connectivity index (χ2n) is 4.62. The summed E-state index contributed by atoms with van der Waals surface area (Å²) in [5.41, 5.74) is 8.28. The molecule has 1 aliphatic heterocycles. The highest BCUT2D eigenvalue weighted by Gasteiger charge is 2.17. The number of rotatable bonds is 2. The van der Waals surface area contributed by atoms with E-state index in [0.717, 1.165) is 29.7 Å². The maximum absolute atomic E-state index is 5.90. The van der Waals surface area contributed by atoms with Crippen molar-refractivity contribution in [3.8, 4) is 0 Å². The third-order valence-corrected chi connectivity index (χ3v) is 3.77. The SMILES string of the molecule is CC1CN(c2ccc([C@H](C)N)c(Br)c2)CCO1. The Balaban J connectivity index is 2.19. The molecule has 17 heavy (non-hydrogen) atoms. The van der Waals surface area contributed by atoms with Crippen LogP contribution in [0.2, 0.25) is 0 Å². The molecular weight excluding hydrogens is 280 g/mol. The predicted molar refractivity (Wildman–Crippen MR) is 74.4 cm³/mol. The Bertz CT molecular complexity index is 395. The van der Waals surface area contributed by atoms with Gasteiger partial charge in [0.1, 0.15) is 0 Å². The lowest BCUT2D eigenvalue weighted by Gasteiger charge is -2.33. The number of nitrogens with zero attached hydrogens (tertiary/aromatic N) is 1. The first-order valence-electron chi connectivity index (χ1n) is 5.99. The maximum Gasteiger partial charge on any atom is 0.0722 e. The number of anilines is 1. The number of hydrogen-bond donors (Lipinski definition) is 1. The summed E-state index contributed by atoms with van der Waals surface area (Å²) in [6, 6.07) is 6.45. The Hall–Kier alpha value is -0.580. The van der Waals surface area contributed by atoms with Crippen molar-refractivity contribution in [1.29, 1.82) is 0 Å². The smallest absolute Gasteiger partial charge is 0.0722 e. The van der Waals surface area contributed by atoms with E-state index in [1.165, 1.54) is 5.69 Å². The maximum atomic E-state index is 5.90. The van der Waals surface area contributed by atoms with Gasteiger partial charge in [0.2, 0.25) is 0 Å². The van der Waals surface area contributed by atoms with Crippen molar-refractivity contribution in [3.63, 3.8) is 0 Å². The van der Waals surface area contributed by atoms with Gasteiger partial charge in [0, 0.05) is 29.3 Å². The number of halogens is 1. The molecule has 1 saturated heterocycles. The van der Waals surface area contributed by atoms with E-state index in [1.54, 1.807) is 0 Å². The summed E-state index contributed by atoms with van der Waals surface area (Å²) in [5, 5.41) is 0. The third kappa shape index (κ3) is 3.00. The van der Waals surface area contributed by atoms with Crippen molar-refractivity contribution in [2.45, 2.75) is 26.0 Å². The van der Waals surface area contributed by atoms with Crippen LogP contribution in [0.4, 0.5) is 5.69 Å². The zero-order valence-electron chi connectivity index (χ0n) is 10.3. The van der Waals surface area contributed by atoms with Crippen LogP contribution in [-0.2, 0) is 4.74 Å². The first-order valence-corrected chi connectivity index (χ1v) is 6.79. The molecule has 3 nitrogen and oxygen atoms in total. The van der Waals surface area contributed by atoms with Crippen molar-refractivity contribution in [3.05, 3.63) is 28.2 Å². The summed E-state index contributed by atoms with van der Waals surface area (Å²) in [5.74, 6) is 0. The molecule has 2 atom stereocenters. The Morgan fingerprint density at radius 3 is 2.88 bits per heavy atom. The molecule has 0 saturated carbocycles. The number of hydrogen-bond acceptors (Lipinski definition) is 3. The van der Waals surface area contributed by atoms with Crippen LogP contribution < -0.4 is 10.6 Å². The fraction of sp³-hybridized carbons (Fsp3) is 0.538. The summed E-state index contributed by atoms with van der Waals surface area (Å²) < 4.78 is 6.64. The highest BCUT2D eigenvalue weighted by atomic mass is 79.9. The van der Waals surface area contributed by atoms with Gasteiger partial charge >= 0.3 is 0 Å². The van der Waals surface area contributed by atoms with Gasteiger partial charge in [-0.05, 0) is 31.5 Å². The van der Waals surface area contributed by atoms with Gasteiger partial charge in [0.25, 0.3) is 0 Å². The Kier molecular flexibility index (Phi) is 4.07. The van der Waals surface area contributed by atoms with Gasteiger partial charge in [-0.2, -0.15) is 0 Å². The molecule has 2 rings (SSSR count). The molecule has 2 N–H and O–H groups in total. The molecule has 1 aromatic rings. The summed E-state index contributed by atoms with van der Waals surface area (Å²) in [6.45, 7) is 6.81. The summed E-state index contributed by atoms with van der Waals surface area (Å²) in [7, 11) is 0. The molecule has 4 heteroatoms. The summed E-state index contributed by atoms with van der Waals surface area (Å²) in [4.78, 5) is 2.35. The van der Waals surface area contributed by atoms with E-state index in [1.807, 2.05) is 6.92 Å². The molecule has 1 fully saturated rings. The number of ether oxygens (including phenoxy) is 1. The molecule has 0 aliphatic carbocycles. The summed E-state index contributed by atoms with van der Waals surface area (Å²) >= 11 is 3.59. The molecule has 1 aliphatic rings. The van der Waals surface area contributed by atoms with E-state index >= 15 is 0 Å². The number of nitrogens with two attached hydrogens (primary N) is 1. The highest BCUT2D eigenvalue weighted by Crippen LogP contribution is 2.28. The van der Waals surface area contributed by atoms with E-state index in [9.17, 15) is 0 Å². The van der Waals surface area contributed by atoms with E-state index in [0.29, 0.717) is 6.10 Å². The molecule has 0 amide bonds. The lowest BCUT2D eigenvalue weighted by atomic mass is 10.1. The average molecular weight is 299 g/mol. The first-order chi connectivity index (χ1) is 8.08. The van der Waals surface area contributed by atoms with E-state index in [2.05, 4.69) is 46.0 Å². The predicted octanol–water partition coefficient (Wildman–Crippen LogP) is 2.69. The van der Waals surface area contributed by atoms with Crippen LogP contribution in [0.5, 0.6) is 0 Å². The topological polar surface area (TPSA) is 38.5 Å². The zero-order chi connectivity index (χ0) is 12.4. The normalized spacial score (nSPS) is 22.6. The van der Waals surface area contributed by atoms with Crippen molar-refractivity contribution in [2.24, 2.45) is 5.73 Å². The minimum Gasteiger partial charge on any atom is -0.375 e. The van der Waals surface area contributed by atoms with Crippen LogP contribution in [0.3, 0.4) is 0 Å². The Morgan fingerprint density at radius 1 is 1.53 bits per heavy atom. The van der Waals surface area contributed by atoms with Crippen molar-refractivity contribution in [2.75, 3.05) is 24.6 Å². The molecule has 0 aromatic heterocycles. The molecule has 1 unspecified atom stereocenters. The first kappa shape index (κ1) is 12.9. The zero-order valence-corrected chi connectivity index (χ0v) is 11.9. The average Bonchev–Trinajstić information content (AvgIpc) is 2.28. The van der Waals surface area contributed by atoms with Crippen LogP contribution >= 0.6 is 15.9 Å². The highest BCUT2D eigenvalue weighted by molar-refractivity contribution is 9.10. The molecule has 1 aromatic carbocycles. The van der Waals surface area contributed by atoms with Gasteiger partial charge in [0.05, 0.1) is 12.7 Å². The van der Waals surface area contributed by atoms with Crippen molar-refractivity contribution >= 4 is 21.6 Å². The minimum atomic E-state index is 0.0574. The fourth-order valence-corrected chi connectivity index (χ4v) is 2.86. The lowest BCUT2D eigenvalue weighted by molar-refractivity contribution is 0.0532. The second-order valence-corrected chi connectivity index (χ2v) is 5.48. The van der Waals surface area contributed by atoms with Gasteiger partial charge in [0.15, 0.2) is 0 Å². The van der Waals surface area contributed by atoms with Crippen LogP contribution in [0.25, 0.3) is 0 Å². The number of morpholine rings is 1. The van der Waals surface area contributed by atoms with Gasteiger partial charge < -0.3 is 15.4 Å². The molecule has 94 valence electrons. The van der Waals surface area contributed by atoms with E-state index in [4.69, 9.17) is 10.5 Å². The molecule has 0 spiro atoms. The van der Waals surface area contributed by atoms with Gasteiger partial charge in [-0.1, -0.05) is 22.0 Å². The largest absolute Gasteiger partial charge is 0.375 e. The van der Waals surface area contributed by atoms with E-state index < -0.39 is 0 Å². The second kappa shape index (κ2) is 5.38. The van der Waals surface area contributed by atoms with Crippen LogP contribution in [-0.4, -0.2) is 25.8 Å². The Labute approximate surface area is 111 Å². The molecule has 0 bridgehead atoms. The van der Waals surface area contributed by atoms with Gasteiger partial charge in [-0.3, -0.25) is 0 Å². The number of benzene rings is 1.